The van der Waals surface area contributed by atoms with Crippen LogP contribution in [0.15, 0.2) is 23.6 Å². The molecule has 1 saturated carbocycles. The first-order chi connectivity index (χ1) is 12.6. The van der Waals surface area contributed by atoms with E-state index in [0.717, 1.165) is 32.2 Å². The van der Waals surface area contributed by atoms with Crippen molar-refractivity contribution in [3.63, 3.8) is 0 Å². The summed E-state index contributed by atoms with van der Waals surface area (Å²) in [5.41, 5.74) is -1.25. The highest BCUT2D eigenvalue weighted by molar-refractivity contribution is 6.39. The molecule has 1 atom stereocenters. The second-order valence-electron chi connectivity index (χ2n) is 8.03. The number of nitrogens with zero attached hydrogens (tertiary/aromatic N) is 5. The molecule has 3 aliphatic heterocycles. The maximum atomic E-state index is 14.5. The van der Waals surface area contributed by atoms with Crippen LogP contribution in [0.5, 0.6) is 0 Å². The highest BCUT2D eigenvalue weighted by atomic mass is 19.1. The summed E-state index contributed by atoms with van der Waals surface area (Å²) in [5.74, 6) is 0.644. The van der Waals surface area contributed by atoms with Crippen LogP contribution in [0.1, 0.15) is 32.1 Å². The van der Waals surface area contributed by atoms with E-state index in [1.54, 1.807) is 23.4 Å². The van der Waals surface area contributed by atoms with Gasteiger partial charge in [0.2, 0.25) is 5.95 Å². The van der Waals surface area contributed by atoms with E-state index in [4.69, 9.17) is 4.84 Å². The van der Waals surface area contributed by atoms with Crippen LogP contribution in [0.3, 0.4) is 0 Å². The Labute approximate surface area is 151 Å². The molecule has 138 valence electrons. The van der Waals surface area contributed by atoms with E-state index in [0.29, 0.717) is 24.6 Å². The molecule has 5 rings (SSSR count). The van der Waals surface area contributed by atoms with Gasteiger partial charge in [0, 0.05) is 25.4 Å². The Hall–Kier alpha value is -2.25. The van der Waals surface area contributed by atoms with E-state index in [2.05, 4.69) is 20.0 Å². The molecular formula is C18H22FN5O2. The first-order valence-electron chi connectivity index (χ1n) is 9.32. The number of anilines is 1. The van der Waals surface area contributed by atoms with Gasteiger partial charge >= 0.3 is 0 Å². The average Bonchev–Trinajstić information content (AvgIpc) is 3.42. The zero-order chi connectivity index (χ0) is 17.8. The number of likely N-dealkylation sites (tertiary alicyclic amines) is 1. The predicted octanol–water partition coefficient (Wildman–Crippen LogP) is 1.55. The normalized spacial score (nSPS) is 30.0. The molecule has 2 saturated heterocycles. The van der Waals surface area contributed by atoms with Crippen molar-refractivity contribution < 1.29 is 14.0 Å². The van der Waals surface area contributed by atoms with Crippen molar-refractivity contribution in [1.82, 2.24) is 14.9 Å². The molecule has 1 aliphatic carbocycles. The van der Waals surface area contributed by atoms with Gasteiger partial charge in [-0.1, -0.05) is 5.16 Å². The van der Waals surface area contributed by atoms with Crippen LogP contribution in [0.25, 0.3) is 0 Å². The minimum atomic E-state index is -1.17. The maximum absolute atomic E-state index is 14.5. The third-order valence-electron chi connectivity index (χ3n) is 5.96. The Morgan fingerprint density at radius 2 is 2.00 bits per heavy atom. The van der Waals surface area contributed by atoms with Crippen LogP contribution in [-0.4, -0.2) is 63.9 Å². The Morgan fingerprint density at radius 1 is 1.23 bits per heavy atom. The van der Waals surface area contributed by atoms with Crippen molar-refractivity contribution in [2.45, 2.75) is 43.4 Å². The SMILES string of the molecule is O=C(C1=NOC2(CCCN(c3ncccn3)C2)C1)N1CC(F)(C2CC2)C1. The molecule has 1 unspecified atom stereocenters. The van der Waals surface area contributed by atoms with Crippen molar-refractivity contribution in [2.75, 3.05) is 31.1 Å². The van der Waals surface area contributed by atoms with Crippen LogP contribution in [-0.2, 0) is 9.63 Å². The summed E-state index contributed by atoms with van der Waals surface area (Å²) in [5, 5.41) is 4.09. The molecule has 0 N–H and O–H groups in total. The van der Waals surface area contributed by atoms with Crippen molar-refractivity contribution >= 4 is 17.6 Å². The topological polar surface area (TPSA) is 70.9 Å². The van der Waals surface area contributed by atoms with Crippen LogP contribution in [0, 0.1) is 5.92 Å². The standard InChI is InChI=1S/C18H22FN5O2/c19-18(13-3-4-13)11-24(12-18)15(25)14-9-17(26-22-14)5-1-8-23(10-17)16-20-6-2-7-21-16/h2,6-7,13H,1,3-5,8-12H2. The van der Waals surface area contributed by atoms with Gasteiger partial charge in [-0.05, 0) is 37.7 Å². The molecule has 1 aromatic rings. The lowest BCUT2D eigenvalue weighted by atomic mass is 9.86. The van der Waals surface area contributed by atoms with Gasteiger partial charge in [-0.2, -0.15) is 0 Å². The Balaban J connectivity index is 1.23. The number of hydrogen-bond donors (Lipinski definition) is 0. The predicted molar refractivity (Wildman–Crippen MR) is 92.5 cm³/mol. The first kappa shape index (κ1) is 16.0. The maximum Gasteiger partial charge on any atom is 0.272 e. The third-order valence-corrected chi connectivity index (χ3v) is 5.96. The molecule has 8 heteroatoms. The highest BCUT2D eigenvalue weighted by Gasteiger charge is 2.56. The minimum absolute atomic E-state index is 0.150. The van der Waals surface area contributed by atoms with E-state index in [1.165, 1.54) is 0 Å². The fourth-order valence-corrected chi connectivity index (χ4v) is 4.35. The molecule has 1 aromatic heterocycles. The minimum Gasteiger partial charge on any atom is -0.386 e. The second kappa shape index (κ2) is 5.62. The number of carbonyl (C=O) groups is 1. The van der Waals surface area contributed by atoms with Gasteiger partial charge < -0.3 is 14.6 Å². The quantitative estimate of drug-likeness (QED) is 0.819. The summed E-state index contributed by atoms with van der Waals surface area (Å²) in [6, 6.07) is 1.79. The Bertz CT molecular complexity index is 747. The van der Waals surface area contributed by atoms with Gasteiger partial charge in [0.1, 0.15) is 11.4 Å². The van der Waals surface area contributed by atoms with E-state index < -0.39 is 11.3 Å². The van der Waals surface area contributed by atoms with Gasteiger partial charge in [-0.15, -0.1) is 0 Å². The second-order valence-corrected chi connectivity index (χ2v) is 8.03. The monoisotopic (exact) mass is 359 g/mol. The number of carbonyl (C=O) groups excluding carboxylic acids is 1. The summed E-state index contributed by atoms with van der Waals surface area (Å²) in [6.07, 6.45) is 7.57. The number of halogens is 1. The van der Waals surface area contributed by atoms with Gasteiger partial charge in [0.05, 0.1) is 19.6 Å². The largest absolute Gasteiger partial charge is 0.386 e. The zero-order valence-corrected chi connectivity index (χ0v) is 14.6. The Morgan fingerprint density at radius 3 is 2.73 bits per heavy atom. The first-order valence-corrected chi connectivity index (χ1v) is 9.32. The molecule has 1 amide bonds. The number of alkyl halides is 1. The fourth-order valence-electron chi connectivity index (χ4n) is 4.35. The molecule has 1 spiro atoms. The smallest absolute Gasteiger partial charge is 0.272 e. The lowest BCUT2D eigenvalue weighted by Crippen LogP contribution is -2.63. The molecule has 4 heterocycles. The van der Waals surface area contributed by atoms with Crippen molar-refractivity contribution in [3.05, 3.63) is 18.5 Å². The molecule has 26 heavy (non-hydrogen) atoms. The van der Waals surface area contributed by atoms with Crippen LogP contribution >= 0.6 is 0 Å². The van der Waals surface area contributed by atoms with Crippen molar-refractivity contribution in [3.8, 4) is 0 Å². The van der Waals surface area contributed by atoms with Crippen LogP contribution < -0.4 is 4.90 Å². The van der Waals surface area contributed by atoms with Gasteiger partial charge in [-0.25, -0.2) is 14.4 Å². The van der Waals surface area contributed by atoms with Gasteiger partial charge in [0.15, 0.2) is 5.60 Å². The fraction of sp³-hybridized carbons (Fsp3) is 0.667. The van der Waals surface area contributed by atoms with Crippen LogP contribution in [0.2, 0.25) is 0 Å². The number of rotatable bonds is 3. The summed E-state index contributed by atoms with van der Waals surface area (Å²) >= 11 is 0. The molecule has 3 fully saturated rings. The van der Waals surface area contributed by atoms with Crippen molar-refractivity contribution in [1.29, 1.82) is 0 Å². The number of hydrogen-bond acceptors (Lipinski definition) is 6. The van der Waals surface area contributed by atoms with E-state index >= 15 is 0 Å². The van der Waals surface area contributed by atoms with E-state index in [1.807, 2.05) is 0 Å². The Kier molecular flexibility index (Phi) is 3.45. The van der Waals surface area contributed by atoms with Gasteiger partial charge in [0.25, 0.3) is 5.91 Å². The molecule has 7 nitrogen and oxygen atoms in total. The molecule has 0 bridgehead atoms. The number of aromatic nitrogens is 2. The lowest BCUT2D eigenvalue weighted by Gasteiger charge is -2.44. The summed E-state index contributed by atoms with van der Waals surface area (Å²) in [6.45, 7) is 1.86. The molecule has 0 radical (unpaired) electrons. The lowest BCUT2D eigenvalue weighted by molar-refractivity contribution is -0.139. The summed E-state index contributed by atoms with van der Waals surface area (Å²) in [4.78, 5) is 30.7. The van der Waals surface area contributed by atoms with Crippen LogP contribution in [0.4, 0.5) is 10.3 Å². The zero-order valence-electron chi connectivity index (χ0n) is 14.6. The summed E-state index contributed by atoms with van der Waals surface area (Å²) < 4.78 is 14.5. The van der Waals surface area contributed by atoms with E-state index in [9.17, 15) is 9.18 Å². The average molecular weight is 359 g/mol. The number of amides is 1. The number of piperidine rings is 1. The third kappa shape index (κ3) is 2.62. The summed E-state index contributed by atoms with van der Waals surface area (Å²) in [7, 11) is 0. The highest BCUT2D eigenvalue weighted by Crippen LogP contribution is 2.47. The molecule has 4 aliphatic rings. The van der Waals surface area contributed by atoms with Crippen molar-refractivity contribution in [2.24, 2.45) is 11.1 Å². The molecular weight excluding hydrogens is 337 g/mol. The molecule has 0 aromatic carbocycles. The number of oxime groups is 1. The van der Waals surface area contributed by atoms with Gasteiger partial charge in [-0.3, -0.25) is 4.79 Å². The van der Waals surface area contributed by atoms with E-state index in [-0.39, 0.29) is 24.9 Å².